The molecule has 2 amide bonds. The molecular weight excluding hydrogens is 432 g/mol. The molecule has 2 aromatic carbocycles. The molecule has 0 unspecified atom stereocenters. The molecule has 34 heavy (non-hydrogen) atoms. The van der Waals surface area contributed by atoms with Gasteiger partial charge in [0.05, 0.1) is 20.3 Å². The van der Waals surface area contributed by atoms with Crippen molar-refractivity contribution < 1.29 is 23.8 Å². The van der Waals surface area contributed by atoms with Crippen LogP contribution in [0.25, 0.3) is 0 Å². The molecule has 0 aromatic heterocycles. The van der Waals surface area contributed by atoms with Crippen LogP contribution < -0.4 is 14.2 Å². The molecule has 1 fully saturated rings. The van der Waals surface area contributed by atoms with Crippen molar-refractivity contribution in [1.29, 1.82) is 0 Å². The Balaban J connectivity index is 1.40. The van der Waals surface area contributed by atoms with Crippen LogP contribution in [0.4, 0.5) is 0 Å². The number of imide groups is 1. The summed E-state index contributed by atoms with van der Waals surface area (Å²) in [6.07, 6.45) is 1.57. The predicted molar refractivity (Wildman–Crippen MR) is 129 cm³/mol. The summed E-state index contributed by atoms with van der Waals surface area (Å²) in [5.41, 5.74) is 3.73. The van der Waals surface area contributed by atoms with Gasteiger partial charge in [0.15, 0.2) is 11.5 Å². The van der Waals surface area contributed by atoms with Crippen LogP contribution in [0.3, 0.4) is 0 Å². The lowest BCUT2D eigenvalue weighted by atomic mass is 10.1. The molecule has 182 valence electrons. The maximum atomic E-state index is 11.8. The van der Waals surface area contributed by atoms with Gasteiger partial charge in [0.2, 0.25) is 11.8 Å². The van der Waals surface area contributed by atoms with Gasteiger partial charge in [-0.2, -0.15) is 0 Å². The molecule has 2 aliphatic heterocycles. The van der Waals surface area contributed by atoms with E-state index in [0.29, 0.717) is 30.3 Å². The molecule has 0 radical (unpaired) electrons. The number of carbonyl (C=O) groups is 2. The number of amides is 2. The third-order valence-electron chi connectivity index (χ3n) is 6.14. The zero-order valence-corrected chi connectivity index (χ0v) is 20.3. The largest absolute Gasteiger partial charge is 0.493 e. The topological polar surface area (TPSA) is 68.3 Å². The lowest BCUT2D eigenvalue weighted by Gasteiger charge is -2.25. The van der Waals surface area contributed by atoms with Crippen LogP contribution >= 0.6 is 0 Å². The van der Waals surface area contributed by atoms with E-state index >= 15 is 0 Å². The normalized spacial score (nSPS) is 15.3. The average Bonchev–Trinajstić information content (AvgIpc) is 3.40. The molecule has 0 spiro atoms. The van der Waals surface area contributed by atoms with E-state index in [1.54, 1.807) is 7.11 Å². The van der Waals surface area contributed by atoms with E-state index in [1.807, 2.05) is 18.2 Å². The molecule has 2 heterocycles. The standard InChI is InChI=1S/C27H34N2O5/c1-19(2)16-28(17-20-4-6-23-22(14-20)10-12-33-23)18-21-5-7-24(25(15-21)32-3)34-13-11-29-26(30)8-9-27(29)31/h4-7,14-15,19H,8-13,16-18H2,1-3H3. The van der Waals surface area contributed by atoms with E-state index in [2.05, 4.69) is 36.9 Å². The number of rotatable bonds is 11. The van der Waals surface area contributed by atoms with Crippen LogP contribution in [0, 0.1) is 5.92 Å². The first-order valence-corrected chi connectivity index (χ1v) is 12.0. The second kappa shape index (κ2) is 10.9. The van der Waals surface area contributed by atoms with Gasteiger partial charge in [0.25, 0.3) is 0 Å². The number of hydrogen-bond donors (Lipinski definition) is 0. The fourth-order valence-corrected chi connectivity index (χ4v) is 4.60. The van der Waals surface area contributed by atoms with Gasteiger partial charge in [-0.3, -0.25) is 19.4 Å². The van der Waals surface area contributed by atoms with Gasteiger partial charge in [-0.25, -0.2) is 0 Å². The zero-order valence-electron chi connectivity index (χ0n) is 20.3. The molecule has 2 aromatic rings. The van der Waals surface area contributed by atoms with Crippen molar-refractivity contribution in [3.63, 3.8) is 0 Å². The first-order chi connectivity index (χ1) is 16.4. The Bertz CT molecular complexity index is 1020. The quantitative estimate of drug-likeness (QED) is 0.469. The van der Waals surface area contributed by atoms with Gasteiger partial charge < -0.3 is 14.2 Å². The molecule has 0 atom stereocenters. The smallest absolute Gasteiger partial charge is 0.229 e. The maximum absolute atomic E-state index is 11.8. The predicted octanol–water partition coefficient (Wildman–Crippen LogP) is 3.82. The van der Waals surface area contributed by atoms with Gasteiger partial charge in [0.1, 0.15) is 12.4 Å². The van der Waals surface area contributed by atoms with E-state index in [0.717, 1.165) is 44.0 Å². The summed E-state index contributed by atoms with van der Waals surface area (Å²) in [5, 5.41) is 0. The summed E-state index contributed by atoms with van der Waals surface area (Å²) < 4.78 is 17.1. The van der Waals surface area contributed by atoms with Crippen molar-refractivity contribution in [2.45, 2.75) is 46.2 Å². The average molecular weight is 467 g/mol. The summed E-state index contributed by atoms with van der Waals surface area (Å²) in [7, 11) is 1.62. The lowest BCUT2D eigenvalue weighted by molar-refractivity contribution is -0.138. The van der Waals surface area contributed by atoms with Crippen LogP contribution in [-0.4, -0.2) is 55.0 Å². The Labute approximate surface area is 201 Å². The van der Waals surface area contributed by atoms with Crippen molar-refractivity contribution in [3.8, 4) is 17.2 Å². The van der Waals surface area contributed by atoms with Gasteiger partial charge in [-0.05, 0) is 40.8 Å². The minimum absolute atomic E-state index is 0.128. The second-order valence-corrected chi connectivity index (χ2v) is 9.38. The minimum atomic E-state index is -0.128. The van der Waals surface area contributed by atoms with Crippen LogP contribution in [0.15, 0.2) is 36.4 Å². The third kappa shape index (κ3) is 5.89. The molecule has 7 nitrogen and oxygen atoms in total. The zero-order chi connectivity index (χ0) is 24.1. The molecule has 0 saturated carbocycles. The fraction of sp³-hybridized carbons (Fsp3) is 0.481. The highest BCUT2D eigenvalue weighted by molar-refractivity contribution is 6.01. The number of hydrogen-bond acceptors (Lipinski definition) is 6. The molecule has 0 N–H and O–H groups in total. The minimum Gasteiger partial charge on any atom is -0.493 e. The molecule has 7 heteroatoms. The number of methoxy groups -OCH3 is 1. The van der Waals surface area contributed by atoms with Crippen LogP contribution in [-0.2, 0) is 29.1 Å². The SMILES string of the molecule is COc1cc(CN(Cc2ccc3c(c2)CCO3)CC(C)C)ccc1OCCN1C(=O)CCC1=O. The Morgan fingerprint density at radius 1 is 0.971 bits per heavy atom. The number of ether oxygens (including phenoxy) is 3. The Hall–Kier alpha value is -3.06. The summed E-state index contributed by atoms with van der Waals surface area (Å²) in [6, 6.07) is 12.5. The highest BCUT2D eigenvalue weighted by Gasteiger charge is 2.28. The van der Waals surface area contributed by atoms with Crippen molar-refractivity contribution in [2.75, 3.05) is 33.4 Å². The monoisotopic (exact) mass is 466 g/mol. The number of likely N-dealkylation sites (tertiary alicyclic amines) is 1. The number of carbonyl (C=O) groups excluding carboxylic acids is 2. The van der Waals surface area contributed by atoms with E-state index in [1.165, 1.54) is 16.0 Å². The third-order valence-corrected chi connectivity index (χ3v) is 6.14. The summed E-state index contributed by atoms with van der Waals surface area (Å²) >= 11 is 0. The van der Waals surface area contributed by atoms with Crippen molar-refractivity contribution in [3.05, 3.63) is 53.1 Å². The molecule has 4 rings (SSSR count). The number of benzene rings is 2. The summed E-state index contributed by atoms with van der Waals surface area (Å²) in [4.78, 5) is 27.3. The van der Waals surface area contributed by atoms with Crippen molar-refractivity contribution in [1.82, 2.24) is 9.80 Å². The van der Waals surface area contributed by atoms with E-state index < -0.39 is 0 Å². The van der Waals surface area contributed by atoms with Gasteiger partial charge in [0, 0.05) is 38.9 Å². The number of fused-ring (bicyclic) bond motifs is 1. The highest BCUT2D eigenvalue weighted by atomic mass is 16.5. The van der Waals surface area contributed by atoms with Crippen molar-refractivity contribution in [2.24, 2.45) is 5.92 Å². The van der Waals surface area contributed by atoms with Gasteiger partial charge in [-0.1, -0.05) is 32.0 Å². The first kappa shape index (κ1) is 24.1. The van der Waals surface area contributed by atoms with Crippen LogP contribution in [0.5, 0.6) is 17.2 Å². The molecular formula is C27H34N2O5. The fourth-order valence-electron chi connectivity index (χ4n) is 4.60. The van der Waals surface area contributed by atoms with Crippen LogP contribution in [0.2, 0.25) is 0 Å². The Morgan fingerprint density at radius 3 is 2.38 bits per heavy atom. The molecule has 0 aliphatic carbocycles. The van der Waals surface area contributed by atoms with Gasteiger partial charge in [-0.15, -0.1) is 0 Å². The van der Waals surface area contributed by atoms with Gasteiger partial charge >= 0.3 is 0 Å². The van der Waals surface area contributed by atoms with E-state index in [9.17, 15) is 9.59 Å². The van der Waals surface area contributed by atoms with Crippen molar-refractivity contribution >= 4 is 11.8 Å². The number of nitrogens with zero attached hydrogens (tertiary/aromatic N) is 2. The Kier molecular flexibility index (Phi) is 7.73. The molecule has 2 aliphatic rings. The first-order valence-electron chi connectivity index (χ1n) is 12.0. The highest BCUT2D eigenvalue weighted by Crippen LogP contribution is 2.30. The maximum Gasteiger partial charge on any atom is 0.229 e. The van der Waals surface area contributed by atoms with E-state index in [-0.39, 0.29) is 25.0 Å². The van der Waals surface area contributed by atoms with E-state index in [4.69, 9.17) is 14.2 Å². The Morgan fingerprint density at radius 2 is 1.68 bits per heavy atom. The second-order valence-electron chi connectivity index (χ2n) is 9.38. The summed E-state index contributed by atoms with van der Waals surface area (Å²) in [6.45, 7) is 8.38. The lowest BCUT2D eigenvalue weighted by Crippen LogP contribution is -2.33. The molecule has 0 bridgehead atoms. The van der Waals surface area contributed by atoms with Crippen LogP contribution in [0.1, 0.15) is 43.4 Å². The molecule has 1 saturated heterocycles. The summed E-state index contributed by atoms with van der Waals surface area (Å²) in [5.74, 6) is 2.56.